The number of rotatable bonds is 6. The molecule has 1 aliphatic rings. The molecule has 0 bridgehead atoms. The third-order valence-corrected chi connectivity index (χ3v) is 4.91. The first-order valence-corrected chi connectivity index (χ1v) is 8.59. The van der Waals surface area contributed by atoms with Crippen LogP contribution in [0.4, 0.5) is 5.13 Å². The van der Waals surface area contributed by atoms with Crippen LogP contribution in [-0.4, -0.2) is 54.5 Å². The number of hydrogen-bond acceptors (Lipinski definition) is 7. The van der Waals surface area contributed by atoms with Gasteiger partial charge in [-0.2, -0.15) is 5.10 Å². The smallest absolute Gasteiger partial charge is 0.263 e. The van der Waals surface area contributed by atoms with Crippen LogP contribution in [0, 0.1) is 6.92 Å². The summed E-state index contributed by atoms with van der Waals surface area (Å²) in [6.07, 6.45) is 0. The van der Waals surface area contributed by atoms with E-state index in [9.17, 15) is 4.79 Å². The molecule has 0 spiro atoms. The Hall–Kier alpha value is -1.97. The molecular formula is C15H21N5O3S. The summed E-state index contributed by atoms with van der Waals surface area (Å²) in [5.41, 5.74) is 2.40. The van der Waals surface area contributed by atoms with Gasteiger partial charge in [0.1, 0.15) is 4.88 Å². The highest BCUT2D eigenvalue weighted by Crippen LogP contribution is 2.26. The van der Waals surface area contributed by atoms with Gasteiger partial charge in [0.15, 0.2) is 5.13 Å². The summed E-state index contributed by atoms with van der Waals surface area (Å²) in [6, 6.07) is 1.88. The van der Waals surface area contributed by atoms with Gasteiger partial charge in [0.2, 0.25) is 0 Å². The fourth-order valence-electron chi connectivity index (χ4n) is 2.46. The lowest BCUT2D eigenvalue weighted by molar-refractivity contribution is 0.0953. The number of amides is 1. The molecule has 0 aromatic carbocycles. The molecule has 2 aromatic rings. The zero-order valence-corrected chi connectivity index (χ0v) is 14.6. The number of aromatic nitrogens is 3. The third kappa shape index (κ3) is 3.92. The number of thiazole rings is 1. The van der Waals surface area contributed by atoms with Gasteiger partial charge >= 0.3 is 0 Å². The first-order valence-electron chi connectivity index (χ1n) is 7.78. The van der Waals surface area contributed by atoms with Gasteiger partial charge in [0, 0.05) is 20.2 Å². The van der Waals surface area contributed by atoms with Gasteiger partial charge < -0.3 is 19.7 Å². The molecule has 3 heterocycles. The van der Waals surface area contributed by atoms with Gasteiger partial charge in [0.05, 0.1) is 43.4 Å². The predicted octanol–water partition coefficient (Wildman–Crippen LogP) is 1.09. The van der Waals surface area contributed by atoms with Crippen LogP contribution in [0.2, 0.25) is 0 Å². The van der Waals surface area contributed by atoms with E-state index >= 15 is 0 Å². The highest BCUT2D eigenvalue weighted by Gasteiger charge is 2.20. The summed E-state index contributed by atoms with van der Waals surface area (Å²) in [4.78, 5) is 19.8. The van der Waals surface area contributed by atoms with Gasteiger partial charge in [-0.3, -0.25) is 9.89 Å². The Morgan fingerprint density at radius 1 is 1.50 bits per heavy atom. The maximum absolute atomic E-state index is 12.4. The van der Waals surface area contributed by atoms with Crippen molar-refractivity contribution < 1.29 is 14.3 Å². The number of aromatic amines is 1. The van der Waals surface area contributed by atoms with Gasteiger partial charge in [-0.15, -0.1) is 0 Å². The molecule has 1 aliphatic heterocycles. The van der Waals surface area contributed by atoms with Crippen molar-refractivity contribution in [2.75, 3.05) is 38.3 Å². The Bertz CT molecular complexity index is 693. The standard InChI is InChI=1S/C15H21N5O3S/c1-10-13(24-15(17-10)20-3-5-23-6-4-20)14(21)16-8-11-7-12(9-22-2)19-18-11/h7H,3-6,8-9H2,1-2H3,(H,16,21)(H,18,19). The van der Waals surface area contributed by atoms with Gasteiger partial charge in [-0.1, -0.05) is 11.3 Å². The van der Waals surface area contributed by atoms with E-state index < -0.39 is 0 Å². The first kappa shape index (κ1) is 16.9. The van der Waals surface area contributed by atoms with Crippen molar-refractivity contribution in [3.63, 3.8) is 0 Å². The maximum atomic E-state index is 12.4. The molecule has 2 N–H and O–H groups in total. The number of nitrogens with one attached hydrogen (secondary N) is 2. The minimum absolute atomic E-state index is 0.118. The van der Waals surface area contributed by atoms with E-state index in [1.54, 1.807) is 7.11 Å². The monoisotopic (exact) mass is 351 g/mol. The average molecular weight is 351 g/mol. The zero-order valence-electron chi connectivity index (χ0n) is 13.8. The van der Waals surface area contributed by atoms with Crippen LogP contribution in [0.3, 0.4) is 0 Å². The molecule has 130 valence electrons. The van der Waals surface area contributed by atoms with E-state index in [0.717, 1.165) is 35.3 Å². The number of nitrogens with zero attached hydrogens (tertiary/aromatic N) is 3. The second kappa shape index (κ2) is 7.73. The molecule has 0 atom stereocenters. The third-order valence-electron chi connectivity index (χ3n) is 3.69. The zero-order chi connectivity index (χ0) is 16.9. The molecule has 2 aromatic heterocycles. The second-order valence-corrected chi connectivity index (χ2v) is 6.49. The van der Waals surface area contributed by atoms with Crippen LogP contribution in [0.5, 0.6) is 0 Å². The highest BCUT2D eigenvalue weighted by molar-refractivity contribution is 7.17. The second-order valence-electron chi connectivity index (χ2n) is 5.51. The number of morpholine rings is 1. The summed E-state index contributed by atoms with van der Waals surface area (Å²) in [5.74, 6) is -0.118. The number of carbonyl (C=O) groups is 1. The lowest BCUT2D eigenvalue weighted by Crippen LogP contribution is -2.36. The van der Waals surface area contributed by atoms with Crippen molar-refractivity contribution in [2.45, 2.75) is 20.1 Å². The number of anilines is 1. The minimum atomic E-state index is -0.118. The molecule has 0 saturated carbocycles. The van der Waals surface area contributed by atoms with Crippen LogP contribution in [0.15, 0.2) is 6.07 Å². The largest absolute Gasteiger partial charge is 0.378 e. The topological polar surface area (TPSA) is 92.4 Å². The molecule has 0 radical (unpaired) electrons. The number of aryl methyl sites for hydroxylation is 1. The van der Waals surface area contributed by atoms with E-state index in [1.165, 1.54) is 11.3 Å². The van der Waals surface area contributed by atoms with Crippen molar-refractivity contribution in [1.82, 2.24) is 20.5 Å². The fraction of sp³-hybridized carbons (Fsp3) is 0.533. The van der Waals surface area contributed by atoms with Gasteiger partial charge in [0.25, 0.3) is 5.91 Å². The molecule has 1 fully saturated rings. The number of ether oxygens (including phenoxy) is 2. The van der Waals surface area contributed by atoms with E-state index in [1.807, 2.05) is 13.0 Å². The van der Waals surface area contributed by atoms with E-state index in [0.29, 0.717) is 31.2 Å². The number of methoxy groups -OCH3 is 1. The van der Waals surface area contributed by atoms with Gasteiger partial charge in [-0.05, 0) is 13.0 Å². The van der Waals surface area contributed by atoms with E-state index in [-0.39, 0.29) is 5.91 Å². The Morgan fingerprint density at radius 3 is 3.04 bits per heavy atom. The average Bonchev–Trinajstić information content (AvgIpc) is 3.20. The normalized spacial score (nSPS) is 14.8. The number of H-pyrrole nitrogens is 1. The molecule has 8 nitrogen and oxygen atoms in total. The predicted molar refractivity (Wildman–Crippen MR) is 90.4 cm³/mol. The van der Waals surface area contributed by atoms with Crippen LogP contribution in [-0.2, 0) is 22.6 Å². The molecular weight excluding hydrogens is 330 g/mol. The molecule has 0 aliphatic carbocycles. The molecule has 24 heavy (non-hydrogen) atoms. The van der Waals surface area contributed by atoms with Crippen molar-refractivity contribution in [3.05, 3.63) is 28.0 Å². The molecule has 0 unspecified atom stereocenters. The highest BCUT2D eigenvalue weighted by atomic mass is 32.1. The Labute approximate surface area is 144 Å². The summed E-state index contributed by atoms with van der Waals surface area (Å²) >= 11 is 1.42. The van der Waals surface area contributed by atoms with Crippen LogP contribution < -0.4 is 10.2 Å². The molecule has 3 rings (SSSR count). The van der Waals surface area contributed by atoms with Crippen molar-refractivity contribution in [1.29, 1.82) is 0 Å². The maximum Gasteiger partial charge on any atom is 0.263 e. The lowest BCUT2D eigenvalue weighted by atomic mass is 10.3. The van der Waals surface area contributed by atoms with E-state index in [2.05, 4.69) is 25.4 Å². The SMILES string of the molecule is COCc1cc(CNC(=O)c2sc(N3CCOCC3)nc2C)[nH]n1. The lowest BCUT2D eigenvalue weighted by Gasteiger charge is -2.25. The fourth-order valence-corrected chi connectivity index (χ4v) is 3.50. The Morgan fingerprint density at radius 2 is 2.29 bits per heavy atom. The number of carbonyl (C=O) groups excluding carboxylic acids is 1. The minimum Gasteiger partial charge on any atom is -0.378 e. The van der Waals surface area contributed by atoms with Crippen molar-refractivity contribution in [2.24, 2.45) is 0 Å². The van der Waals surface area contributed by atoms with Crippen molar-refractivity contribution in [3.8, 4) is 0 Å². The van der Waals surface area contributed by atoms with Crippen molar-refractivity contribution >= 4 is 22.4 Å². The van der Waals surface area contributed by atoms with Gasteiger partial charge in [-0.25, -0.2) is 4.98 Å². The molecule has 1 saturated heterocycles. The van der Waals surface area contributed by atoms with Crippen LogP contribution >= 0.6 is 11.3 Å². The summed E-state index contributed by atoms with van der Waals surface area (Å²) < 4.78 is 10.4. The van der Waals surface area contributed by atoms with E-state index in [4.69, 9.17) is 9.47 Å². The molecule has 9 heteroatoms. The quantitative estimate of drug-likeness (QED) is 0.809. The Kier molecular flexibility index (Phi) is 5.44. The van der Waals surface area contributed by atoms with Crippen LogP contribution in [0.25, 0.3) is 0 Å². The number of hydrogen-bond donors (Lipinski definition) is 2. The Balaban J connectivity index is 1.60. The first-order chi connectivity index (χ1) is 11.7. The summed E-state index contributed by atoms with van der Waals surface area (Å²) in [7, 11) is 1.62. The summed E-state index contributed by atoms with van der Waals surface area (Å²) in [5, 5.41) is 10.8. The molecule has 1 amide bonds. The summed E-state index contributed by atoms with van der Waals surface area (Å²) in [6.45, 7) is 5.71. The van der Waals surface area contributed by atoms with Crippen LogP contribution in [0.1, 0.15) is 26.8 Å².